The van der Waals surface area contributed by atoms with Gasteiger partial charge in [-0.05, 0) is 24.6 Å². The zero-order valence-electron chi connectivity index (χ0n) is 13.7. The van der Waals surface area contributed by atoms with Crippen molar-refractivity contribution < 1.29 is 14.3 Å². The van der Waals surface area contributed by atoms with E-state index in [2.05, 4.69) is 20.8 Å². The Labute approximate surface area is 163 Å². The van der Waals surface area contributed by atoms with Crippen LogP contribution in [0, 0.1) is 0 Å². The first-order valence-electron chi connectivity index (χ1n) is 7.70. The van der Waals surface area contributed by atoms with Gasteiger partial charge in [-0.15, -0.1) is 10.2 Å². The van der Waals surface area contributed by atoms with Crippen LogP contribution in [0.2, 0.25) is 5.02 Å². The molecular weight excluding hydrogens is 396 g/mol. The van der Waals surface area contributed by atoms with Crippen molar-refractivity contribution in [2.45, 2.75) is 17.3 Å². The molecule has 2 amide bonds. The summed E-state index contributed by atoms with van der Waals surface area (Å²) in [6, 6.07) is 5.96. The van der Waals surface area contributed by atoms with Crippen LogP contribution in [-0.4, -0.2) is 34.6 Å². The molecule has 1 unspecified atom stereocenters. The molecule has 0 radical (unpaired) electrons. The van der Waals surface area contributed by atoms with Crippen molar-refractivity contribution >= 4 is 46.7 Å². The second-order valence-electron chi connectivity index (χ2n) is 5.19. The van der Waals surface area contributed by atoms with Crippen LogP contribution in [0.3, 0.4) is 0 Å². The van der Waals surface area contributed by atoms with Crippen LogP contribution < -0.4 is 10.6 Å². The van der Waals surface area contributed by atoms with E-state index in [9.17, 15) is 9.59 Å². The smallest absolute Gasteiger partial charge is 0.338 e. The highest BCUT2D eigenvalue weighted by molar-refractivity contribution is 8.01. The summed E-state index contributed by atoms with van der Waals surface area (Å²) in [4.78, 5) is 24.7. The maximum atomic E-state index is 12.6. The number of ether oxygens (including phenoxy) is 1. The number of nitrogens with zero attached hydrogens (tertiary/aromatic N) is 2. The fraction of sp³-hybridized carbons (Fsp3) is 0.250. The first-order valence-corrected chi connectivity index (χ1v) is 9.95. The molecule has 2 heterocycles. The number of amides is 2. The Morgan fingerprint density at radius 2 is 2.15 bits per heavy atom. The van der Waals surface area contributed by atoms with Crippen molar-refractivity contribution in [2.75, 3.05) is 12.4 Å². The number of benzene rings is 1. The van der Waals surface area contributed by atoms with Gasteiger partial charge in [0, 0.05) is 16.5 Å². The molecule has 0 fully saturated rings. The van der Waals surface area contributed by atoms with E-state index in [-0.39, 0.29) is 12.6 Å². The van der Waals surface area contributed by atoms with Gasteiger partial charge in [0.05, 0.1) is 18.2 Å². The largest absolute Gasteiger partial charge is 0.463 e. The predicted octanol–water partition coefficient (Wildman–Crippen LogP) is 3.15. The Balaban J connectivity index is 1.96. The second-order valence-corrected chi connectivity index (χ2v) is 7.68. The van der Waals surface area contributed by atoms with Crippen molar-refractivity contribution in [1.82, 2.24) is 20.8 Å². The SMILES string of the molecule is CCOC(=O)C1=C(CSc2nncs2)NC(=O)NC1c1ccc(Cl)cc1. The number of halogens is 1. The highest BCUT2D eigenvalue weighted by Crippen LogP contribution is 2.31. The van der Waals surface area contributed by atoms with E-state index in [1.165, 1.54) is 23.1 Å². The average Bonchev–Trinajstić information content (AvgIpc) is 3.13. The summed E-state index contributed by atoms with van der Waals surface area (Å²) in [6.45, 7) is 1.97. The second kappa shape index (κ2) is 8.52. The summed E-state index contributed by atoms with van der Waals surface area (Å²) in [6.07, 6.45) is 0. The lowest BCUT2D eigenvalue weighted by Crippen LogP contribution is -2.46. The van der Waals surface area contributed by atoms with Crippen LogP contribution in [0.4, 0.5) is 4.79 Å². The highest BCUT2D eigenvalue weighted by Gasteiger charge is 2.33. The third-order valence-corrected chi connectivity index (χ3v) is 5.67. The zero-order valence-corrected chi connectivity index (χ0v) is 16.1. The van der Waals surface area contributed by atoms with E-state index in [4.69, 9.17) is 16.3 Å². The molecule has 1 aromatic carbocycles. The minimum atomic E-state index is -0.620. The molecule has 1 atom stereocenters. The molecule has 2 N–H and O–H groups in total. The van der Waals surface area contributed by atoms with Crippen LogP contribution in [0.5, 0.6) is 0 Å². The van der Waals surface area contributed by atoms with Crippen LogP contribution in [0.1, 0.15) is 18.5 Å². The summed E-state index contributed by atoms with van der Waals surface area (Å²) in [5.74, 6) is -0.117. The maximum absolute atomic E-state index is 12.6. The van der Waals surface area contributed by atoms with Gasteiger partial charge in [0.1, 0.15) is 5.51 Å². The number of hydrogen-bond donors (Lipinski definition) is 2. The first-order chi connectivity index (χ1) is 12.6. The number of thioether (sulfide) groups is 1. The minimum absolute atomic E-state index is 0.237. The molecule has 7 nitrogen and oxygen atoms in total. The molecule has 26 heavy (non-hydrogen) atoms. The number of rotatable bonds is 6. The van der Waals surface area contributed by atoms with Crippen molar-refractivity contribution in [2.24, 2.45) is 0 Å². The average molecular weight is 411 g/mol. The van der Waals surface area contributed by atoms with Crippen molar-refractivity contribution in [1.29, 1.82) is 0 Å². The Hall–Kier alpha value is -2.10. The van der Waals surface area contributed by atoms with Gasteiger partial charge in [0.2, 0.25) is 0 Å². The van der Waals surface area contributed by atoms with Crippen molar-refractivity contribution in [3.05, 3.63) is 51.6 Å². The number of nitrogens with one attached hydrogen (secondary N) is 2. The standard InChI is InChI=1S/C16H15ClN4O3S2/c1-2-24-14(22)12-11(7-25-16-21-18-8-26-16)19-15(23)20-13(12)9-3-5-10(17)6-4-9/h3-6,8,13H,2,7H2,1H3,(H2,19,20,23). The van der Waals surface area contributed by atoms with Crippen LogP contribution in [-0.2, 0) is 9.53 Å². The summed E-state index contributed by atoms with van der Waals surface area (Å²) in [7, 11) is 0. The van der Waals surface area contributed by atoms with E-state index in [1.807, 2.05) is 0 Å². The van der Waals surface area contributed by atoms with Gasteiger partial charge in [-0.2, -0.15) is 0 Å². The quantitative estimate of drug-likeness (QED) is 0.561. The molecule has 0 bridgehead atoms. The fourth-order valence-corrected chi connectivity index (χ4v) is 4.03. The Kier molecular flexibility index (Phi) is 6.12. The maximum Gasteiger partial charge on any atom is 0.338 e. The monoisotopic (exact) mass is 410 g/mol. The summed E-state index contributed by atoms with van der Waals surface area (Å²) in [5, 5.41) is 13.8. The third kappa shape index (κ3) is 4.35. The van der Waals surface area contributed by atoms with Gasteiger partial charge in [-0.25, -0.2) is 9.59 Å². The number of hydrogen-bond acceptors (Lipinski definition) is 7. The van der Waals surface area contributed by atoms with Crippen LogP contribution >= 0.6 is 34.7 Å². The molecule has 0 saturated heterocycles. The number of carbonyl (C=O) groups is 2. The van der Waals surface area contributed by atoms with E-state index in [1.54, 1.807) is 36.7 Å². The minimum Gasteiger partial charge on any atom is -0.463 e. The van der Waals surface area contributed by atoms with Crippen molar-refractivity contribution in [3.8, 4) is 0 Å². The molecule has 136 valence electrons. The lowest BCUT2D eigenvalue weighted by atomic mass is 9.95. The molecule has 2 aromatic rings. The molecule has 0 spiro atoms. The van der Waals surface area contributed by atoms with Gasteiger partial charge in [-0.1, -0.05) is 46.8 Å². The topological polar surface area (TPSA) is 93.2 Å². The number of carbonyl (C=O) groups excluding carboxylic acids is 2. The van der Waals surface area contributed by atoms with Crippen LogP contribution in [0.25, 0.3) is 0 Å². The molecule has 1 aliphatic heterocycles. The van der Waals surface area contributed by atoms with E-state index < -0.39 is 12.0 Å². The Morgan fingerprint density at radius 3 is 2.81 bits per heavy atom. The van der Waals surface area contributed by atoms with E-state index in [0.29, 0.717) is 22.0 Å². The summed E-state index contributed by atoms with van der Waals surface area (Å²) < 4.78 is 5.96. The van der Waals surface area contributed by atoms with Gasteiger partial charge in [0.15, 0.2) is 4.34 Å². The normalized spacial score (nSPS) is 16.8. The number of esters is 1. The first kappa shape index (κ1) is 18.7. The third-order valence-electron chi connectivity index (χ3n) is 3.53. The van der Waals surface area contributed by atoms with Gasteiger partial charge in [0.25, 0.3) is 0 Å². The molecule has 0 aliphatic carbocycles. The zero-order chi connectivity index (χ0) is 18.5. The number of urea groups is 1. The van der Waals surface area contributed by atoms with Crippen molar-refractivity contribution in [3.63, 3.8) is 0 Å². The molecule has 0 saturated carbocycles. The lowest BCUT2D eigenvalue weighted by molar-refractivity contribution is -0.139. The van der Waals surface area contributed by atoms with Gasteiger partial charge < -0.3 is 15.4 Å². The van der Waals surface area contributed by atoms with Gasteiger partial charge >= 0.3 is 12.0 Å². The molecule has 10 heteroatoms. The summed E-state index contributed by atoms with van der Waals surface area (Å²) in [5.41, 5.74) is 3.23. The Morgan fingerprint density at radius 1 is 1.38 bits per heavy atom. The lowest BCUT2D eigenvalue weighted by Gasteiger charge is -2.29. The molecule has 3 rings (SSSR count). The highest BCUT2D eigenvalue weighted by atomic mass is 35.5. The van der Waals surface area contributed by atoms with Crippen LogP contribution in [0.15, 0.2) is 45.4 Å². The van der Waals surface area contributed by atoms with E-state index in [0.717, 1.165) is 9.90 Å². The number of aromatic nitrogens is 2. The van der Waals surface area contributed by atoms with E-state index >= 15 is 0 Å². The Bertz CT molecular complexity index is 825. The molecular formula is C16H15ClN4O3S2. The summed E-state index contributed by atoms with van der Waals surface area (Å²) >= 11 is 8.73. The molecule has 1 aromatic heterocycles. The fourth-order valence-electron chi connectivity index (χ4n) is 2.45. The molecule has 1 aliphatic rings. The van der Waals surface area contributed by atoms with Gasteiger partial charge in [-0.3, -0.25) is 0 Å². The predicted molar refractivity (Wildman–Crippen MR) is 100 cm³/mol.